The molecule has 1 amide bonds. The predicted octanol–water partition coefficient (Wildman–Crippen LogP) is 4.52. The molecule has 0 aliphatic heterocycles. The Balaban J connectivity index is 2.05. The average Bonchev–Trinajstić information content (AvgIpc) is 3.05. The van der Waals surface area contributed by atoms with Gasteiger partial charge < -0.3 is 0 Å². The van der Waals surface area contributed by atoms with Crippen LogP contribution in [-0.2, 0) is 0 Å². The Labute approximate surface area is 186 Å². The van der Waals surface area contributed by atoms with Crippen LogP contribution in [0.25, 0.3) is 5.82 Å². The van der Waals surface area contributed by atoms with E-state index >= 15 is 0 Å². The number of benzene rings is 1. The third-order valence-electron chi connectivity index (χ3n) is 3.86. The van der Waals surface area contributed by atoms with Gasteiger partial charge in [-0.1, -0.05) is 0 Å². The van der Waals surface area contributed by atoms with Crippen LogP contribution in [0, 0.1) is 6.92 Å². The second kappa shape index (κ2) is 8.78. The van der Waals surface area contributed by atoms with E-state index in [9.17, 15) is 9.59 Å². The minimum atomic E-state index is -0.837. The summed E-state index contributed by atoms with van der Waals surface area (Å²) in [6.45, 7) is 1.79. The van der Waals surface area contributed by atoms with Crippen molar-refractivity contribution < 1.29 is 9.59 Å². The fourth-order valence-corrected chi connectivity index (χ4v) is 4.44. The normalized spacial score (nSPS) is 11.2. The molecular formula is C18H14AsBrCl2N4O2. The number of pyridine rings is 1. The molecule has 0 aliphatic carbocycles. The molecule has 1 unspecified atom stereocenters. The molecule has 3 aromatic rings. The van der Waals surface area contributed by atoms with Gasteiger partial charge in [-0.05, 0) is 0 Å². The first-order valence-electron chi connectivity index (χ1n) is 8.02. The van der Waals surface area contributed by atoms with Crippen LogP contribution in [0.1, 0.15) is 26.4 Å². The second-order valence-corrected chi connectivity index (χ2v) is 9.41. The van der Waals surface area contributed by atoms with Crippen LogP contribution in [0.3, 0.4) is 0 Å². The average molecular weight is 544 g/mol. The Morgan fingerprint density at radius 2 is 2.00 bits per heavy atom. The van der Waals surface area contributed by atoms with Gasteiger partial charge in [-0.25, -0.2) is 0 Å². The van der Waals surface area contributed by atoms with Crippen LogP contribution >= 0.6 is 39.1 Å². The van der Waals surface area contributed by atoms with Crippen LogP contribution in [0.2, 0.25) is 15.8 Å². The summed E-state index contributed by atoms with van der Waals surface area (Å²) in [5.41, 5.74) is 3.65. The molecule has 0 fully saturated rings. The van der Waals surface area contributed by atoms with E-state index < -0.39 is 21.7 Å². The van der Waals surface area contributed by atoms with Crippen molar-refractivity contribution in [1.82, 2.24) is 14.8 Å². The zero-order valence-electron chi connectivity index (χ0n) is 14.8. The predicted molar refractivity (Wildman–Crippen MR) is 116 cm³/mol. The molecule has 10 heteroatoms. The molecule has 2 heterocycles. The minimum absolute atomic E-state index is 0.00311. The number of amides is 1. The van der Waals surface area contributed by atoms with E-state index in [-0.39, 0.29) is 10.3 Å². The zero-order valence-corrected chi connectivity index (χ0v) is 20.0. The quantitative estimate of drug-likeness (QED) is 0.480. The van der Waals surface area contributed by atoms with Crippen molar-refractivity contribution in [3.05, 3.63) is 68.0 Å². The van der Waals surface area contributed by atoms with Crippen LogP contribution in [-0.4, -0.2) is 41.0 Å². The number of nitrogens with zero attached hydrogens (tertiary/aromatic N) is 3. The Kier molecular flexibility index (Phi) is 6.61. The fourth-order valence-electron chi connectivity index (χ4n) is 2.61. The van der Waals surface area contributed by atoms with Crippen molar-refractivity contribution in [2.75, 3.05) is 5.32 Å². The molecular weight excluding hydrogens is 530 g/mol. The number of hydrogen-bond acceptors (Lipinski definition) is 4. The number of aryl methyl sites for hydroxylation is 1. The third-order valence-corrected chi connectivity index (χ3v) is 6.28. The van der Waals surface area contributed by atoms with Gasteiger partial charge in [-0.15, -0.1) is 0 Å². The summed E-state index contributed by atoms with van der Waals surface area (Å²) in [6.07, 6.45) is 1.56. The van der Waals surface area contributed by atoms with Crippen molar-refractivity contribution in [3.8, 4) is 5.82 Å². The summed E-state index contributed by atoms with van der Waals surface area (Å²) in [6, 6.07) is 8.19. The van der Waals surface area contributed by atoms with Gasteiger partial charge in [0.25, 0.3) is 0 Å². The number of nitrogens with one attached hydrogen (secondary N) is 1. The first kappa shape index (κ1) is 21.1. The Morgan fingerprint density at radius 3 is 2.68 bits per heavy atom. The summed E-state index contributed by atoms with van der Waals surface area (Å²) < 4.78 is 1.80. The van der Waals surface area contributed by atoms with E-state index in [1.54, 1.807) is 43.5 Å². The maximum absolute atomic E-state index is 13.0. The molecule has 1 N–H and O–H groups in total. The van der Waals surface area contributed by atoms with Crippen molar-refractivity contribution in [2.45, 2.75) is 12.6 Å². The van der Waals surface area contributed by atoms with E-state index in [0.717, 1.165) is 0 Å². The van der Waals surface area contributed by atoms with Gasteiger partial charge in [0.05, 0.1) is 0 Å². The molecule has 6 nitrogen and oxygen atoms in total. The molecule has 1 aromatic carbocycles. The molecule has 1 atom stereocenters. The van der Waals surface area contributed by atoms with E-state index in [2.05, 4.69) is 31.3 Å². The number of carbonyl (C=O) groups is 2. The SMILES string of the molecule is C[AsH]C(=O)c1cc(Cl)cc(C)c1NC(=O)c1cc(Br)nn1-c1ncccc1Cl. The summed E-state index contributed by atoms with van der Waals surface area (Å²) >= 11 is 14.8. The second-order valence-electron chi connectivity index (χ2n) is 5.75. The molecule has 0 bridgehead atoms. The molecule has 0 aliphatic rings. The number of rotatable bonds is 5. The Morgan fingerprint density at radius 1 is 1.25 bits per heavy atom. The van der Waals surface area contributed by atoms with Crippen molar-refractivity contribution in [2.24, 2.45) is 0 Å². The topological polar surface area (TPSA) is 76.9 Å². The fraction of sp³-hybridized carbons (Fsp3) is 0.111. The van der Waals surface area contributed by atoms with E-state index in [1.165, 1.54) is 4.68 Å². The third kappa shape index (κ3) is 4.33. The first-order valence-corrected chi connectivity index (χ1v) is 12.7. The monoisotopic (exact) mass is 542 g/mol. The van der Waals surface area contributed by atoms with Gasteiger partial charge >= 0.3 is 187 Å². The van der Waals surface area contributed by atoms with Crippen molar-refractivity contribution >= 4 is 71.0 Å². The maximum atomic E-state index is 13.0. The Hall–Kier alpha value is -1.66. The zero-order chi connectivity index (χ0) is 20.4. The molecule has 28 heavy (non-hydrogen) atoms. The van der Waals surface area contributed by atoms with Crippen LogP contribution in [0.5, 0.6) is 0 Å². The summed E-state index contributed by atoms with van der Waals surface area (Å²) in [4.78, 5) is 29.6. The molecule has 144 valence electrons. The standard InChI is InChI=1S/C18H14AsBrCl2N4O2/c1-9-6-10(21)7-11(16(27)19-2)15(9)24-18(28)13-8-14(20)25-26(13)17-12(22)4-3-5-23-17/h3-8,19H,1-2H3,(H,24,28). The van der Waals surface area contributed by atoms with E-state index in [0.29, 0.717) is 37.3 Å². The van der Waals surface area contributed by atoms with Gasteiger partial charge in [-0.3, -0.25) is 0 Å². The molecule has 0 saturated carbocycles. The van der Waals surface area contributed by atoms with Crippen molar-refractivity contribution in [1.29, 1.82) is 0 Å². The first-order chi connectivity index (χ1) is 13.3. The van der Waals surface area contributed by atoms with Gasteiger partial charge in [0.1, 0.15) is 0 Å². The number of halogens is 3. The summed E-state index contributed by atoms with van der Waals surface area (Å²) in [7, 11) is 0. The Bertz CT molecular complexity index is 1090. The number of hydrogen-bond donors (Lipinski definition) is 1. The number of carbonyl (C=O) groups excluding carboxylic acids is 2. The van der Waals surface area contributed by atoms with Gasteiger partial charge in [0.15, 0.2) is 0 Å². The molecule has 0 spiro atoms. The molecule has 2 aromatic heterocycles. The van der Waals surface area contributed by atoms with E-state index in [4.69, 9.17) is 23.2 Å². The van der Waals surface area contributed by atoms with Gasteiger partial charge in [0.2, 0.25) is 0 Å². The van der Waals surface area contributed by atoms with Crippen LogP contribution in [0.4, 0.5) is 5.69 Å². The molecule has 0 saturated heterocycles. The van der Waals surface area contributed by atoms with Gasteiger partial charge in [0, 0.05) is 0 Å². The summed E-state index contributed by atoms with van der Waals surface area (Å²) in [5.74, 6) is -0.125. The van der Waals surface area contributed by atoms with Crippen LogP contribution < -0.4 is 5.32 Å². The van der Waals surface area contributed by atoms with Crippen molar-refractivity contribution in [3.63, 3.8) is 0 Å². The number of aromatic nitrogens is 3. The number of anilines is 1. The summed E-state index contributed by atoms with van der Waals surface area (Å²) in [5, 5.41) is 7.89. The van der Waals surface area contributed by atoms with E-state index in [1.807, 2.05) is 5.71 Å². The van der Waals surface area contributed by atoms with Crippen LogP contribution in [0.15, 0.2) is 41.1 Å². The molecule has 3 rings (SSSR count). The molecule has 0 radical (unpaired) electrons. The van der Waals surface area contributed by atoms with Gasteiger partial charge in [-0.2, -0.15) is 0 Å².